The molecule has 0 aromatic heterocycles. The van der Waals surface area contributed by atoms with E-state index >= 15 is 0 Å². The highest BCUT2D eigenvalue weighted by Gasteiger charge is 2.19. The summed E-state index contributed by atoms with van der Waals surface area (Å²) in [4.78, 5) is 37.7. The summed E-state index contributed by atoms with van der Waals surface area (Å²) in [6, 6.07) is 0. The van der Waals surface area contributed by atoms with Crippen LogP contribution >= 0.6 is 0 Å². The van der Waals surface area contributed by atoms with Gasteiger partial charge >= 0.3 is 17.9 Å². The third-order valence-corrected chi connectivity index (χ3v) is 9.63. The summed E-state index contributed by atoms with van der Waals surface area (Å²) < 4.78 is 16.7. The lowest BCUT2D eigenvalue weighted by molar-refractivity contribution is -0.167. The van der Waals surface area contributed by atoms with Gasteiger partial charge in [-0.2, -0.15) is 0 Å². The largest absolute Gasteiger partial charge is 0.462 e. The van der Waals surface area contributed by atoms with E-state index in [1.165, 1.54) is 83.5 Å². The maximum Gasteiger partial charge on any atom is 0.306 e. The van der Waals surface area contributed by atoms with Crippen molar-refractivity contribution in [3.05, 3.63) is 48.6 Å². The van der Waals surface area contributed by atoms with Crippen molar-refractivity contribution in [2.45, 2.75) is 226 Å². The van der Waals surface area contributed by atoms with Crippen molar-refractivity contribution in [1.82, 2.24) is 0 Å². The Labute approximate surface area is 333 Å². The summed E-state index contributed by atoms with van der Waals surface area (Å²) >= 11 is 0. The van der Waals surface area contributed by atoms with Gasteiger partial charge in [0.05, 0.1) is 0 Å². The Hall–Kier alpha value is -2.63. The number of esters is 3. The molecular weight excluding hydrogens is 673 g/mol. The molecule has 0 saturated heterocycles. The van der Waals surface area contributed by atoms with Crippen molar-refractivity contribution < 1.29 is 28.6 Å². The average molecular weight is 757 g/mol. The van der Waals surface area contributed by atoms with Gasteiger partial charge in [-0.25, -0.2) is 0 Å². The molecule has 54 heavy (non-hydrogen) atoms. The minimum atomic E-state index is -0.780. The van der Waals surface area contributed by atoms with Crippen LogP contribution in [0.1, 0.15) is 220 Å². The molecule has 0 fully saturated rings. The van der Waals surface area contributed by atoms with E-state index in [1.54, 1.807) is 0 Å². The zero-order valence-electron chi connectivity index (χ0n) is 35.5. The second-order valence-electron chi connectivity index (χ2n) is 15.0. The lowest BCUT2D eigenvalue weighted by Crippen LogP contribution is -2.30. The third-order valence-electron chi connectivity index (χ3n) is 9.63. The Morgan fingerprint density at radius 2 is 0.741 bits per heavy atom. The summed E-state index contributed by atoms with van der Waals surface area (Å²) in [6.07, 6.45) is 49.4. The van der Waals surface area contributed by atoms with E-state index in [-0.39, 0.29) is 31.1 Å². The zero-order chi connectivity index (χ0) is 39.4. The van der Waals surface area contributed by atoms with Crippen LogP contribution in [0.25, 0.3) is 0 Å². The fourth-order valence-electron chi connectivity index (χ4n) is 6.20. The molecule has 0 spiro atoms. The molecule has 1 unspecified atom stereocenters. The standard InChI is InChI=1S/C48H84O6/c1-4-7-10-13-16-19-22-24-27-29-32-35-38-41-47(50)53-44-45(43-52-46(49)40-37-34-31-28-25-21-18-15-12-9-6-3)54-48(51)42-39-36-33-30-26-23-20-17-14-11-8-5-2/h7,10,13,16-17,19-20,22,45H,4-6,8-9,11-12,14-15,18,21,23-44H2,1-3H3/b10-7-,16-13-,20-17-,22-19-. The van der Waals surface area contributed by atoms with Crippen LogP contribution in [-0.2, 0) is 28.6 Å². The number of rotatable bonds is 40. The first kappa shape index (κ1) is 51.4. The predicted octanol–water partition coefficient (Wildman–Crippen LogP) is 14.4. The van der Waals surface area contributed by atoms with Crippen molar-refractivity contribution in [1.29, 1.82) is 0 Å². The SMILES string of the molecule is CC\C=C/C=C\C=C/CCCCCCCC(=O)OCC(COC(=O)CCCCCCCCCCCCC)OC(=O)CCCCCCC/C=C\CCCCC. The summed E-state index contributed by atoms with van der Waals surface area (Å²) in [5, 5.41) is 0. The maximum absolute atomic E-state index is 12.7. The molecule has 1 atom stereocenters. The van der Waals surface area contributed by atoms with Gasteiger partial charge in [0.15, 0.2) is 6.10 Å². The monoisotopic (exact) mass is 757 g/mol. The van der Waals surface area contributed by atoms with Gasteiger partial charge in [-0.3, -0.25) is 14.4 Å². The summed E-state index contributed by atoms with van der Waals surface area (Å²) in [6.45, 7) is 6.44. The lowest BCUT2D eigenvalue weighted by atomic mass is 10.1. The predicted molar refractivity (Wildman–Crippen MR) is 229 cm³/mol. The molecule has 0 aromatic rings. The maximum atomic E-state index is 12.7. The van der Waals surface area contributed by atoms with E-state index in [0.717, 1.165) is 96.3 Å². The van der Waals surface area contributed by atoms with E-state index in [2.05, 4.69) is 69.4 Å². The second-order valence-corrected chi connectivity index (χ2v) is 15.0. The number of carbonyl (C=O) groups excluding carboxylic acids is 3. The van der Waals surface area contributed by atoms with Gasteiger partial charge in [-0.15, -0.1) is 0 Å². The molecule has 6 nitrogen and oxygen atoms in total. The van der Waals surface area contributed by atoms with Crippen molar-refractivity contribution in [2.75, 3.05) is 13.2 Å². The van der Waals surface area contributed by atoms with Gasteiger partial charge in [-0.05, 0) is 64.2 Å². The summed E-state index contributed by atoms with van der Waals surface area (Å²) in [5.41, 5.74) is 0. The van der Waals surface area contributed by atoms with Crippen LogP contribution in [0.4, 0.5) is 0 Å². The van der Waals surface area contributed by atoms with E-state index in [0.29, 0.717) is 19.3 Å². The number of ether oxygens (including phenoxy) is 3. The minimum absolute atomic E-state index is 0.0818. The molecule has 0 aromatic carbocycles. The van der Waals surface area contributed by atoms with Crippen molar-refractivity contribution in [3.63, 3.8) is 0 Å². The quantitative estimate of drug-likeness (QED) is 0.0204. The molecule has 0 heterocycles. The Morgan fingerprint density at radius 1 is 0.389 bits per heavy atom. The van der Waals surface area contributed by atoms with Gasteiger partial charge < -0.3 is 14.2 Å². The van der Waals surface area contributed by atoms with E-state index < -0.39 is 6.10 Å². The topological polar surface area (TPSA) is 78.9 Å². The number of hydrogen-bond donors (Lipinski definition) is 0. The molecule has 6 heteroatoms. The smallest absolute Gasteiger partial charge is 0.306 e. The lowest BCUT2D eigenvalue weighted by Gasteiger charge is -2.18. The summed E-state index contributed by atoms with van der Waals surface area (Å²) in [5.74, 6) is -0.914. The molecule has 0 N–H and O–H groups in total. The minimum Gasteiger partial charge on any atom is -0.462 e. The van der Waals surface area contributed by atoms with Crippen LogP contribution in [0, 0.1) is 0 Å². The fourth-order valence-corrected chi connectivity index (χ4v) is 6.20. The Morgan fingerprint density at radius 3 is 1.20 bits per heavy atom. The molecule has 0 saturated carbocycles. The molecule has 0 bridgehead atoms. The van der Waals surface area contributed by atoms with Crippen LogP contribution in [-0.4, -0.2) is 37.2 Å². The van der Waals surface area contributed by atoms with Crippen LogP contribution in [0.15, 0.2) is 48.6 Å². The molecule has 0 rings (SSSR count). The first-order chi connectivity index (χ1) is 26.5. The van der Waals surface area contributed by atoms with E-state index in [4.69, 9.17) is 14.2 Å². The highest BCUT2D eigenvalue weighted by Crippen LogP contribution is 2.14. The number of carbonyl (C=O) groups is 3. The Kier molecular flexibility index (Phi) is 41.0. The van der Waals surface area contributed by atoms with E-state index in [1.807, 2.05) is 0 Å². The third kappa shape index (κ3) is 40.6. The molecular formula is C48H84O6. The van der Waals surface area contributed by atoms with Gasteiger partial charge in [0, 0.05) is 19.3 Å². The molecule has 0 radical (unpaired) electrons. The van der Waals surface area contributed by atoms with Crippen molar-refractivity contribution in [3.8, 4) is 0 Å². The Bertz CT molecular complexity index is 964. The number of allylic oxidation sites excluding steroid dienone is 8. The van der Waals surface area contributed by atoms with Crippen LogP contribution < -0.4 is 0 Å². The first-order valence-electron chi connectivity index (χ1n) is 22.7. The van der Waals surface area contributed by atoms with E-state index in [9.17, 15) is 14.4 Å². The number of hydrogen-bond acceptors (Lipinski definition) is 6. The van der Waals surface area contributed by atoms with Crippen molar-refractivity contribution in [2.24, 2.45) is 0 Å². The Balaban J connectivity index is 4.41. The molecule has 0 amide bonds. The van der Waals surface area contributed by atoms with Crippen LogP contribution in [0.3, 0.4) is 0 Å². The van der Waals surface area contributed by atoms with Crippen LogP contribution in [0.2, 0.25) is 0 Å². The fraction of sp³-hybridized carbons (Fsp3) is 0.771. The van der Waals surface area contributed by atoms with Crippen LogP contribution in [0.5, 0.6) is 0 Å². The normalized spacial score (nSPS) is 12.4. The zero-order valence-corrected chi connectivity index (χ0v) is 35.5. The highest BCUT2D eigenvalue weighted by molar-refractivity contribution is 5.71. The van der Waals surface area contributed by atoms with Crippen molar-refractivity contribution >= 4 is 17.9 Å². The molecule has 312 valence electrons. The van der Waals surface area contributed by atoms with Gasteiger partial charge in [0.2, 0.25) is 0 Å². The average Bonchev–Trinajstić information content (AvgIpc) is 3.17. The highest BCUT2D eigenvalue weighted by atomic mass is 16.6. The van der Waals surface area contributed by atoms with Gasteiger partial charge in [0.25, 0.3) is 0 Å². The summed E-state index contributed by atoms with van der Waals surface area (Å²) in [7, 11) is 0. The molecule has 0 aliphatic rings. The second kappa shape index (κ2) is 43.1. The molecule has 0 aliphatic carbocycles. The van der Waals surface area contributed by atoms with Gasteiger partial charge in [-0.1, -0.05) is 185 Å². The van der Waals surface area contributed by atoms with Gasteiger partial charge in [0.1, 0.15) is 13.2 Å². The number of unbranched alkanes of at least 4 members (excludes halogenated alkanes) is 23. The molecule has 0 aliphatic heterocycles. The first-order valence-corrected chi connectivity index (χ1v) is 22.7.